The fraction of sp³-hybridized carbons (Fsp3) is 0.714. The first-order valence-electron chi connectivity index (χ1n) is 12.3. The molecule has 30 heavy (non-hydrogen) atoms. The van der Waals surface area contributed by atoms with Crippen molar-refractivity contribution in [1.29, 1.82) is 0 Å². The summed E-state index contributed by atoms with van der Waals surface area (Å²) < 4.78 is 1.26. The molecule has 4 aliphatic rings. The van der Waals surface area contributed by atoms with Gasteiger partial charge in [-0.15, -0.1) is 0 Å². The highest BCUT2D eigenvalue weighted by Gasteiger charge is 2.57. The Morgan fingerprint density at radius 2 is 1.73 bits per heavy atom. The Hall–Kier alpha value is -0.0800. The molecule has 3 fully saturated rings. The van der Waals surface area contributed by atoms with Crippen molar-refractivity contribution in [1.82, 2.24) is 0 Å². The maximum absolute atomic E-state index is 3.98. The lowest BCUT2D eigenvalue weighted by atomic mass is 9.54. The van der Waals surface area contributed by atoms with Crippen LogP contribution < -0.4 is 0 Å². The molecule has 2 heteroatoms. The van der Waals surface area contributed by atoms with E-state index in [-0.39, 0.29) is 0 Å². The largest absolute Gasteiger partial charge is 0.0891 e. The van der Waals surface area contributed by atoms with Gasteiger partial charge >= 0.3 is 0 Å². The normalized spacial score (nSPS) is 43.0. The Labute approximate surface area is 200 Å². The van der Waals surface area contributed by atoms with E-state index in [0.29, 0.717) is 11.3 Å². The van der Waals surface area contributed by atoms with E-state index in [1.165, 1.54) is 42.1 Å². The predicted molar refractivity (Wildman–Crippen MR) is 136 cm³/mol. The lowest BCUT2D eigenvalue weighted by Crippen LogP contribution is -2.44. The third kappa shape index (κ3) is 3.25. The average molecular weight is 534 g/mol. The molecule has 1 aromatic carbocycles. The van der Waals surface area contributed by atoms with E-state index in [9.17, 15) is 0 Å². The Balaban J connectivity index is 1.49. The van der Waals surface area contributed by atoms with Crippen molar-refractivity contribution in [3.8, 4) is 0 Å². The zero-order chi connectivity index (χ0) is 21.4. The number of fused-ring (bicyclic) bond motifs is 3. The van der Waals surface area contributed by atoms with Crippen molar-refractivity contribution in [2.24, 2.45) is 46.8 Å². The van der Waals surface area contributed by atoms with Crippen LogP contribution in [0.1, 0.15) is 83.8 Å². The molecule has 0 aromatic heterocycles. The van der Waals surface area contributed by atoms with E-state index < -0.39 is 0 Å². The van der Waals surface area contributed by atoms with Gasteiger partial charge in [0.25, 0.3) is 0 Å². The molecular formula is C28H38Br2. The number of allylic oxidation sites excluding steroid dienone is 1. The van der Waals surface area contributed by atoms with Gasteiger partial charge in [-0.1, -0.05) is 83.3 Å². The third-order valence-corrected chi connectivity index (χ3v) is 11.5. The van der Waals surface area contributed by atoms with E-state index in [0.717, 1.165) is 46.3 Å². The topological polar surface area (TPSA) is 0 Å². The van der Waals surface area contributed by atoms with Crippen LogP contribution in [-0.2, 0) is 0 Å². The minimum Gasteiger partial charge on any atom is -0.0891 e. The van der Waals surface area contributed by atoms with Gasteiger partial charge in [-0.3, -0.25) is 0 Å². The molecule has 0 N–H and O–H groups in total. The highest BCUT2D eigenvalue weighted by molar-refractivity contribution is 9.10. The van der Waals surface area contributed by atoms with Crippen LogP contribution >= 0.6 is 31.9 Å². The molecule has 0 radical (unpaired) electrons. The summed E-state index contributed by atoms with van der Waals surface area (Å²) in [5.74, 6) is 6.92. The minimum atomic E-state index is 0.292. The van der Waals surface area contributed by atoms with Crippen LogP contribution in [0.2, 0.25) is 0 Å². The zero-order valence-electron chi connectivity index (χ0n) is 19.3. The van der Waals surface area contributed by atoms with Gasteiger partial charge < -0.3 is 0 Å². The fourth-order valence-corrected chi connectivity index (χ4v) is 10.4. The van der Waals surface area contributed by atoms with E-state index in [1.54, 1.807) is 11.1 Å². The molecule has 4 aliphatic carbocycles. The van der Waals surface area contributed by atoms with Gasteiger partial charge in [0.1, 0.15) is 0 Å². The summed E-state index contributed by atoms with van der Waals surface area (Å²) >= 11 is 7.81. The molecule has 1 aromatic rings. The monoisotopic (exact) mass is 532 g/mol. The molecule has 5 rings (SSSR count). The van der Waals surface area contributed by atoms with Crippen molar-refractivity contribution < 1.29 is 0 Å². The summed E-state index contributed by atoms with van der Waals surface area (Å²) in [6.07, 6.45) is 9.67. The highest BCUT2D eigenvalue weighted by atomic mass is 79.9. The second-order valence-electron chi connectivity index (χ2n) is 11.9. The van der Waals surface area contributed by atoms with Crippen molar-refractivity contribution in [2.45, 2.75) is 77.5 Å². The minimum absolute atomic E-state index is 0.292. The fourth-order valence-electron chi connectivity index (χ4n) is 9.20. The molecule has 0 aliphatic heterocycles. The van der Waals surface area contributed by atoms with Crippen LogP contribution in [0.3, 0.4) is 0 Å². The average Bonchev–Trinajstić information content (AvgIpc) is 3.19. The first-order chi connectivity index (χ1) is 14.2. The summed E-state index contributed by atoms with van der Waals surface area (Å²) in [5, 5.41) is 0. The highest BCUT2D eigenvalue weighted by Crippen LogP contribution is 2.65. The van der Waals surface area contributed by atoms with Gasteiger partial charge in [0, 0.05) is 15.2 Å². The van der Waals surface area contributed by atoms with Crippen LogP contribution in [0.15, 0.2) is 28.2 Å². The SMILES string of the molecule is CC1=Cc2c(Br)cccc2C1C(C)(C)C1C(C)CC2C(C)C3CCC(Br)CC3CC21. The van der Waals surface area contributed by atoms with E-state index in [1.807, 2.05) is 0 Å². The summed E-state index contributed by atoms with van der Waals surface area (Å²) in [5.41, 5.74) is 4.85. The Bertz CT molecular complexity index is 850. The molecule has 0 spiro atoms. The summed E-state index contributed by atoms with van der Waals surface area (Å²) in [7, 11) is 0. The van der Waals surface area contributed by atoms with Crippen molar-refractivity contribution in [3.63, 3.8) is 0 Å². The summed E-state index contributed by atoms with van der Waals surface area (Å²) in [6.45, 7) is 12.8. The Morgan fingerprint density at radius 1 is 0.967 bits per heavy atom. The second-order valence-corrected chi connectivity index (χ2v) is 14.0. The van der Waals surface area contributed by atoms with Crippen LogP contribution in [0.5, 0.6) is 0 Å². The van der Waals surface area contributed by atoms with Gasteiger partial charge in [-0.25, -0.2) is 0 Å². The molecule has 0 nitrogen and oxygen atoms in total. The molecule has 0 amide bonds. The van der Waals surface area contributed by atoms with Gasteiger partial charge in [0.05, 0.1) is 0 Å². The Morgan fingerprint density at radius 3 is 2.50 bits per heavy atom. The predicted octanol–water partition coefficient (Wildman–Crippen LogP) is 9.08. The summed E-state index contributed by atoms with van der Waals surface area (Å²) in [4.78, 5) is 0.761. The lowest BCUT2D eigenvalue weighted by Gasteiger charge is -2.51. The second kappa shape index (κ2) is 7.75. The van der Waals surface area contributed by atoms with Gasteiger partial charge in [0.15, 0.2) is 0 Å². The van der Waals surface area contributed by atoms with Gasteiger partial charge in [-0.2, -0.15) is 0 Å². The van der Waals surface area contributed by atoms with E-state index in [2.05, 4.69) is 90.8 Å². The number of rotatable bonds is 2. The number of benzene rings is 1. The number of hydrogen-bond donors (Lipinski definition) is 0. The third-order valence-electron chi connectivity index (χ3n) is 10.00. The molecule has 0 heterocycles. The van der Waals surface area contributed by atoms with Crippen molar-refractivity contribution in [2.75, 3.05) is 0 Å². The molecular weight excluding hydrogens is 496 g/mol. The molecule has 164 valence electrons. The van der Waals surface area contributed by atoms with Gasteiger partial charge in [-0.05, 0) is 103 Å². The first kappa shape index (κ1) is 21.7. The standard InChI is InChI=1S/C28H38Br2/c1-15-11-22-17(3)20-10-9-19(29)13-18(20)14-24(22)27(15)28(4,5)26-16(2)12-23-21(26)7-6-8-25(23)30/h6-8,12,15,17-20,22,24,26-27H,9-11,13-14H2,1-5H3. The molecule has 9 atom stereocenters. The quantitative estimate of drug-likeness (QED) is 0.332. The van der Waals surface area contributed by atoms with Crippen LogP contribution in [0, 0.1) is 46.8 Å². The lowest BCUT2D eigenvalue weighted by molar-refractivity contribution is -0.00480. The maximum Gasteiger partial charge on any atom is 0.0250 e. The number of hydrogen-bond acceptors (Lipinski definition) is 0. The van der Waals surface area contributed by atoms with E-state index >= 15 is 0 Å². The maximum atomic E-state index is 3.98. The van der Waals surface area contributed by atoms with Gasteiger partial charge in [0.2, 0.25) is 0 Å². The van der Waals surface area contributed by atoms with E-state index in [4.69, 9.17) is 0 Å². The smallest absolute Gasteiger partial charge is 0.0250 e. The molecule has 9 unspecified atom stereocenters. The van der Waals surface area contributed by atoms with Crippen molar-refractivity contribution in [3.05, 3.63) is 39.4 Å². The number of alkyl halides is 1. The Kier molecular flexibility index (Phi) is 5.62. The van der Waals surface area contributed by atoms with Crippen LogP contribution in [-0.4, -0.2) is 4.83 Å². The van der Waals surface area contributed by atoms with Crippen molar-refractivity contribution >= 4 is 37.9 Å². The molecule has 0 saturated heterocycles. The molecule has 0 bridgehead atoms. The summed E-state index contributed by atoms with van der Waals surface area (Å²) in [6, 6.07) is 6.84. The zero-order valence-corrected chi connectivity index (χ0v) is 22.5. The first-order valence-corrected chi connectivity index (χ1v) is 14.0. The number of halogens is 2. The van der Waals surface area contributed by atoms with Crippen LogP contribution in [0.4, 0.5) is 0 Å². The molecule has 3 saturated carbocycles. The van der Waals surface area contributed by atoms with Crippen LogP contribution in [0.25, 0.3) is 6.08 Å².